The van der Waals surface area contributed by atoms with Gasteiger partial charge in [0.2, 0.25) is 5.91 Å². The highest BCUT2D eigenvalue weighted by atomic mass is 16.2. The third kappa shape index (κ3) is 2.43. The monoisotopic (exact) mass is 354 g/mol. The van der Waals surface area contributed by atoms with E-state index in [1.54, 1.807) is 6.33 Å². The van der Waals surface area contributed by atoms with Gasteiger partial charge in [-0.3, -0.25) is 4.79 Å². The van der Waals surface area contributed by atoms with Gasteiger partial charge in [0.05, 0.1) is 5.69 Å². The van der Waals surface area contributed by atoms with E-state index in [-0.39, 0.29) is 16.7 Å². The van der Waals surface area contributed by atoms with E-state index in [9.17, 15) is 4.79 Å². The Hall–Kier alpha value is -1.49. The molecular formula is C21H30N4O. The van der Waals surface area contributed by atoms with Crippen LogP contribution in [-0.2, 0) is 17.8 Å². The summed E-state index contributed by atoms with van der Waals surface area (Å²) in [4.78, 5) is 22.2. The highest BCUT2D eigenvalue weighted by Crippen LogP contribution is 2.66. The van der Waals surface area contributed by atoms with Crippen LogP contribution in [0.5, 0.6) is 0 Å². The Morgan fingerprint density at radius 1 is 1.15 bits per heavy atom. The molecule has 4 aliphatic carbocycles. The van der Waals surface area contributed by atoms with E-state index in [0.717, 1.165) is 54.3 Å². The summed E-state index contributed by atoms with van der Waals surface area (Å²) in [6.45, 7) is 6.05. The van der Waals surface area contributed by atoms with Gasteiger partial charge in [-0.15, -0.1) is 0 Å². The molecule has 0 unspecified atom stereocenters. The van der Waals surface area contributed by atoms with Crippen molar-refractivity contribution in [3.63, 3.8) is 0 Å². The Morgan fingerprint density at radius 3 is 2.46 bits per heavy atom. The second kappa shape index (κ2) is 5.75. The van der Waals surface area contributed by atoms with Crippen LogP contribution in [0.4, 0.5) is 5.82 Å². The zero-order valence-electron chi connectivity index (χ0n) is 16.0. The minimum Gasteiger partial charge on any atom is -0.311 e. The summed E-state index contributed by atoms with van der Waals surface area (Å²) >= 11 is 0. The Bertz CT molecular complexity index is 706. The molecule has 4 fully saturated rings. The van der Waals surface area contributed by atoms with Crippen LogP contribution in [0.25, 0.3) is 0 Å². The molecule has 6 rings (SSSR count). The maximum absolute atomic E-state index is 13.4. The molecule has 2 heterocycles. The molecule has 5 nitrogen and oxygen atoms in total. The van der Waals surface area contributed by atoms with Gasteiger partial charge in [-0.05, 0) is 74.7 Å². The van der Waals surface area contributed by atoms with Gasteiger partial charge >= 0.3 is 0 Å². The molecule has 0 atom stereocenters. The number of aromatic nitrogens is 2. The van der Waals surface area contributed by atoms with E-state index < -0.39 is 0 Å². The van der Waals surface area contributed by atoms with Crippen molar-refractivity contribution in [2.45, 2.75) is 65.3 Å². The van der Waals surface area contributed by atoms with Crippen LogP contribution in [0.2, 0.25) is 0 Å². The summed E-state index contributed by atoms with van der Waals surface area (Å²) < 4.78 is 0. The van der Waals surface area contributed by atoms with Crippen molar-refractivity contribution in [3.8, 4) is 0 Å². The first kappa shape index (κ1) is 16.7. The number of rotatable bonds is 3. The molecule has 1 amide bonds. The quantitative estimate of drug-likeness (QED) is 0.874. The molecule has 1 aromatic rings. The van der Waals surface area contributed by atoms with Crippen LogP contribution in [0, 0.1) is 28.6 Å². The summed E-state index contributed by atoms with van der Waals surface area (Å²) in [5, 5.41) is 6.56. The van der Waals surface area contributed by atoms with Crippen molar-refractivity contribution in [3.05, 3.63) is 17.6 Å². The van der Waals surface area contributed by atoms with Gasteiger partial charge in [0, 0.05) is 17.5 Å². The molecule has 0 spiro atoms. The third-order valence-corrected chi connectivity index (χ3v) is 8.04. The van der Waals surface area contributed by atoms with Crippen molar-refractivity contribution < 1.29 is 4.79 Å². The highest BCUT2D eigenvalue weighted by molar-refractivity contribution is 5.95. The number of amides is 1. The van der Waals surface area contributed by atoms with Crippen molar-refractivity contribution >= 4 is 11.7 Å². The average Bonchev–Trinajstić information content (AvgIpc) is 2.61. The van der Waals surface area contributed by atoms with Gasteiger partial charge in [-0.1, -0.05) is 13.8 Å². The van der Waals surface area contributed by atoms with Crippen molar-refractivity contribution in [2.24, 2.45) is 28.6 Å². The number of hydrogen-bond acceptors (Lipinski definition) is 4. The van der Waals surface area contributed by atoms with E-state index in [4.69, 9.17) is 0 Å². The highest BCUT2D eigenvalue weighted by Gasteiger charge is 2.59. The maximum Gasteiger partial charge on any atom is 0.231 e. The molecule has 0 radical (unpaired) electrons. The topological polar surface area (TPSA) is 66.9 Å². The molecule has 1 aromatic heterocycles. The molecule has 1 aliphatic heterocycles. The number of nitrogens with zero attached hydrogens (tertiary/aromatic N) is 2. The fraction of sp³-hybridized carbons (Fsp3) is 0.762. The molecule has 0 aromatic carbocycles. The zero-order chi connectivity index (χ0) is 17.9. The molecule has 0 saturated heterocycles. The summed E-state index contributed by atoms with van der Waals surface area (Å²) in [6, 6.07) is 0. The predicted octanol–water partition coefficient (Wildman–Crippen LogP) is 3.30. The largest absolute Gasteiger partial charge is 0.311 e. The standard InChI is InChI=1S/C21H30N4O/c1-20(2,21-8-13-5-14(9-21)7-15(6-13)10-21)19(26)25-18-16-3-4-22-11-17(16)23-12-24-18/h12-15,22H,3-11H2,1-2H3,(H,23,24,25,26). The lowest BCUT2D eigenvalue weighted by Gasteiger charge is -2.61. The Labute approximate surface area is 155 Å². The first-order valence-corrected chi connectivity index (χ1v) is 10.3. The first-order chi connectivity index (χ1) is 12.5. The van der Waals surface area contributed by atoms with E-state index in [1.165, 1.54) is 38.5 Å². The SMILES string of the molecule is CC(C)(C(=O)Nc1ncnc2c1CCNC2)C12CC3CC(CC(C3)C1)C2. The molecule has 140 valence electrons. The normalized spacial score (nSPS) is 35.2. The minimum atomic E-state index is -0.353. The van der Waals surface area contributed by atoms with Crippen molar-refractivity contribution in [2.75, 3.05) is 11.9 Å². The van der Waals surface area contributed by atoms with Gasteiger partial charge < -0.3 is 10.6 Å². The molecule has 5 heteroatoms. The van der Waals surface area contributed by atoms with E-state index in [2.05, 4.69) is 34.4 Å². The number of carbonyl (C=O) groups excluding carboxylic acids is 1. The predicted molar refractivity (Wildman–Crippen MR) is 100 cm³/mol. The van der Waals surface area contributed by atoms with Crippen LogP contribution < -0.4 is 10.6 Å². The molecular weight excluding hydrogens is 324 g/mol. The zero-order valence-corrected chi connectivity index (χ0v) is 16.0. The van der Waals surface area contributed by atoms with Crippen molar-refractivity contribution in [1.82, 2.24) is 15.3 Å². The molecule has 2 N–H and O–H groups in total. The third-order valence-electron chi connectivity index (χ3n) is 8.04. The van der Waals surface area contributed by atoms with Gasteiger partial charge in [0.15, 0.2) is 0 Å². The molecule has 26 heavy (non-hydrogen) atoms. The molecule has 4 saturated carbocycles. The lowest BCUT2D eigenvalue weighted by Crippen LogP contribution is -2.56. The summed E-state index contributed by atoms with van der Waals surface area (Å²) in [7, 11) is 0. The minimum absolute atomic E-state index is 0.152. The van der Waals surface area contributed by atoms with Gasteiger partial charge in [-0.2, -0.15) is 0 Å². The summed E-state index contributed by atoms with van der Waals surface area (Å²) in [6.07, 6.45) is 10.4. The van der Waals surface area contributed by atoms with E-state index in [1.807, 2.05) is 0 Å². The summed E-state index contributed by atoms with van der Waals surface area (Å²) in [5.74, 6) is 3.45. The molecule has 5 aliphatic rings. The number of nitrogens with one attached hydrogen (secondary N) is 2. The fourth-order valence-corrected chi connectivity index (χ4v) is 6.77. The number of carbonyl (C=O) groups is 1. The van der Waals surface area contributed by atoms with Crippen LogP contribution >= 0.6 is 0 Å². The van der Waals surface area contributed by atoms with Crippen molar-refractivity contribution in [1.29, 1.82) is 0 Å². The van der Waals surface area contributed by atoms with Crippen LogP contribution in [0.3, 0.4) is 0 Å². The Balaban J connectivity index is 1.42. The van der Waals surface area contributed by atoms with E-state index >= 15 is 0 Å². The van der Waals surface area contributed by atoms with Gasteiger partial charge in [0.25, 0.3) is 0 Å². The lowest BCUT2D eigenvalue weighted by atomic mass is 9.43. The Morgan fingerprint density at radius 2 is 1.81 bits per heavy atom. The number of hydrogen-bond donors (Lipinski definition) is 2. The lowest BCUT2D eigenvalue weighted by molar-refractivity contribution is -0.151. The average molecular weight is 354 g/mol. The fourth-order valence-electron chi connectivity index (χ4n) is 6.77. The van der Waals surface area contributed by atoms with Crippen LogP contribution in [-0.4, -0.2) is 22.4 Å². The second-order valence-corrected chi connectivity index (χ2v) is 9.85. The van der Waals surface area contributed by atoms with Gasteiger partial charge in [0.1, 0.15) is 12.1 Å². The second-order valence-electron chi connectivity index (χ2n) is 9.85. The van der Waals surface area contributed by atoms with Gasteiger partial charge in [-0.25, -0.2) is 9.97 Å². The van der Waals surface area contributed by atoms with Crippen LogP contribution in [0.15, 0.2) is 6.33 Å². The Kier molecular flexibility index (Phi) is 3.69. The first-order valence-electron chi connectivity index (χ1n) is 10.3. The number of anilines is 1. The molecule has 4 bridgehead atoms. The smallest absolute Gasteiger partial charge is 0.231 e. The van der Waals surface area contributed by atoms with Crippen LogP contribution in [0.1, 0.15) is 63.6 Å². The summed E-state index contributed by atoms with van der Waals surface area (Å²) in [5.41, 5.74) is 1.96. The number of fused-ring (bicyclic) bond motifs is 1. The van der Waals surface area contributed by atoms with E-state index in [0.29, 0.717) is 0 Å². The maximum atomic E-state index is 13.4.